The summed E-state index contributed by atoms with van der Waals surface area (Å²) in [4.78, 5) is 0. The van der Waals surface area contributed by atoms with Gasteiger partial charge in [0.1, 0.15) is 0 Å². The van der Waals surface area contributed by atoms with Gasteiger partial charge in [-0.2, -0.15) is 0 Å². The van der Waals surface area contributed by atoms with Gasteiger partial charge in [0.05, 0.1) is 13.2 Å². The molecular formula is C6H6NO. The summed E-state index contributed by atoms with van der Waals surface area (Å²) in [6, 6.07) is 0. The summed E-state index contributed by atoms with van der Waals surface area (Å²) in [6.45, 7) is 1.52. The number of rotatable bonds is 0. The van der Waals surface area contributed by atoms with Crippen LogP contribution < -0.4 is 5.32 Å². The van der Waals surface area contributed by atoms with Crippen LogP contribution in [0.4, 0.5) is 0 Å². The molecule has 1 saturated heterocycles. The Balaban J connectivity index is 2.37. The van der Waals surface area contributed by atoms with Crippen LogP contribution in [0, 0.1) is 0 Å². The maximum Gasteiger partial charge on any atom is 0.0740 e. The van der Waals surface area contributed by atoms with E-state index in [0.717, 1.165) is 13.2 Å². The largest absolute Gasteiger partial charge is 0.372 e. The first-order chi connectivity index (χ1) is 3.97. The molecule has 2 aliphatic heterocycles. The maximum atomic E-state index is 5.11. The first kappa shape index (κ1) is 4.15. The highest BCUT2D eigenvalue weighted by Gasteiger charge is 2.16. The monoisotopic (exact) mass is 108 g/mol. The van der Waals surface area contributed by atoms with Crippen LogP contribution in [0.3, 0.4) is 0 Å². The lowest BCUT2D eigenvalue weighted by Crippen LogP contribution is -1.83. The van der Waals surface area contributed by atoms with Gasteiger partial charge in [0.25, 0.3) is 0 Å². The van der Waals surface area contributed by atoms with E-state index in [9.17, 15) is 0 Å². The van der Waals surface area contributed by atoms with Gasteiger partial charge in [-0.3, -0.25) is 5.32 Å². The molecule has 0 saturated carbocycles. The van der Waals surface area contributed by atoms with Gasteiger partial charge in [0, 0.05) is 23.5 Å². The second kappa shape index (κ2) is 1.36. The molecule has 2 rings (SSSR count). The van der Waals surface area contributed by atoms with Gasteiger partial charge in [-0.05, 0) is 0 Å². The van der Waals surface area contributed by atoms with Gasteiger partial charge in [0.2, 0.25) is 0 Å². The lowest BCUT2D eigenvalue weighted by molar-refractivity contribution is 0.214. The number of fused-ring (bicyclic) bond motifs is 1. The van der Waals surface area contributed by atoms with E-state index in [2.05, 4.69) is 5.32 Å². The van der Waals surface area contributed by atoms with E-state index in [1.54, 1.807) is 0 Å². The van der Waals surface area contributed by atoms with Crippen molar-refractivity contribution >= 4 is 0 Å². The molecular weight excluding hydrogens is 102 g/mol. The van der Waals surface area contributed by atoms with Crippen molar-refractivity contribution in [3.63, 3.8) is 0 Å². The molecule has 1 radical (unpaired) electrons. The molecule has 0 spiro atoms. The maximum absolute atomic E-state index is 5.11. The molecule has 0 aromatic rings. The molecule has 2 heterocycles. The third-order valence-electron chi connectivity index (χ3n) is 1.39. The van der Waals surface area contributed by atoms with Crippen molar-refractivity contribution in [2.24, 2.45) is 0 Å². The smallest absolute Gasteiger partial charge is 0.0740 e. The molecule has 8 heavy (non-hydrogen) atoms. The van der Waals surface area contributed by atoms with Gasteiger partial charge >= 0.3 is 0 Å². The Morgan fingerprint density at radius 2 is 1.88 bits per heavy atom. The molecule has 2 aliphatic rings. The molecule has 0 amide bonds. The fourth-order valence-electron chi connectivity index (χ4n) is 0.914. The average molecular weight is 108 g/mol. The summed E-state index contributed by atoms with van der Waals surface area (Å²) in [7, 11) is 0. The topological polar surface area (TPSA) is 23.3 Å². The van der Waals surface area contributed by atoms with E-state index in [1.807, 2.05) is 12.4 Å². The Bertz CT molecular complexity index is 151. The van der Waals surface area contributed by atoms with Gasteiger partial charge in [-0.25, -0.2) is 0 Å². The van der Waals surface area contributed by atoms with Crippen LogP contribution in [-0.2, 0) is 4.74 Å². The Morgan fingerprint density at radius 3 is 2.50 bits per heavy atom. The van der Waals surface area contributed by atoms with Gasteiger partial charge in [-0.1, -0.05) is 0 Å². The van der Waals surface area contributed by atoms with Crippen molar-refractivity contribution in [3.05, 3.63) is 23.5 Å². The summed E-state index contributed by atoms with van der Waals surface area (Å²) in [6.07, 6.45) is 3.73. The lowest BCUT2D eigenvalue weighted by Gasteiger charge is -1.82. The highest BCUT2D eigenvalue weighted by molar-refractivity contribution is 5.38. The second-order valence-corrected chi connectivity index (χ2v) is 1.95. The number of hydrogen-bond acceptors (Lipinski definition) is 1. The molecule has 2 nitrogen and oxygen atoms in total. The van der Waals surface area contributed by atoms with E-state index < -0.39 is 0 Å². The summed E-state index contributed by atoms with van der Waals surface area (Å²) >= 11 is 0. The lowest BCUT2D eigenvalue weighted by atomic mass is 10.2. The summed E-state index contributed by atoms with van der Waals surface area (Å²) < 4.78 is 5.11. The van der Waals surface area contributed by atoms with Crippen molar-refractivity contribution in [2.45, 2.75) is 0 Å². The van der Waals surface area contributed by atoms with Crippen LogP contribution in [0.15, 0.2) is 23.5 Å². The van der Waals surface area contributed by atoms with E-state index in [4.69, 9.17) is 4.74 Å². The predicted molar refractivity (Wildman–Crippen MR) is 29.1 cm³/mol. The van der Waals surface area contributed by atoms with Crippen LogP contribution in [-0.4, -0.2) is 13.2 Å². The van der Waals surface area contributed by atoms with Crippen LogP contribution in [0.25, 0.3) is 0 Å². The number of hydrogen-bond donors (Lipinski definition) is 0. The third-order valence-corrected chi connectivity index (χ3v) is 1.39. The number of ether oxygens (including phenoxy) is 1. The van der Waals surface area contributed by atoms with Crippen molar-refractivity contribution in [3.8, 4) is 0 Å². The minimum atomic E-state index is 0.759. The zero-order valence-electron chi connectivity index (χ0n) is 4.42. The van der Waals surface area contributed by atoms with Crippen LogP contribution in [0.5, 0.6) is 0 Å². The van der Waals surface area contributed by atoms with Crippen LogP contribution in [0.2, 0.25) is 0 Å². The Hall–Kier alpha value is -0.760. The van der Waals surface area contributed by atoms with E-state index >= 15 is 0 Å². The quantitative estimate of drug-likeness (QED) is 0.440. The fourth-order valence-corrected chi connectivity index (χ4v) is 0.914. The summed E-state index contributed by atoms with van der Waals surface area (Å²) in [5.41, 5.74) is 2.51. The van der Waals surface area contributed by atoms with Crippen LogP contribution in [0.1, 0.15) is 0 Å². The highest BCUT2D eigenvalue weighted by atomic mass is 16.5. The molecule has 0 aromatic carbocycles. The minimum Gasteiger partial charge on any atom is -0.372 e. The zero-order valence-corrected chi connectivity index (χ0v) is 4.42. The SMILES string of the molecule is C1=C2COCC2=C[N]1. The molecule has 1 fully saturated rings. The highest BCUT2D eigenvalue weighted by Crippen LogP contribution is 2.20. The molecule has 0 aliphatic carbocycles. The standard InChI is InChI=1S/C6H6NO/c1-5-3-8-4-6(5)2-7-1/h1-2H,3-4H2. The molecule has 0 bridgehead atoms. The fraction of sp³-hybridized carbons (Fsp3) is 0.333. The van der Waals surface area contributed by atoms with Crippen molar-refractivity contribution < 1.29 is 4.74 Å². The Labute approximate surface area is 47.8 Å². The van der Waals surface area contributed by atoms with E-state index in [1.165, 1.54) is 11.1 Å². The minimum absolute atomic E-state index is 0.759. The molecule has 0 aromatic heterocycles. The summed E-state index contributed by atoms with van der Waals surface area (Å²) in [5.74, 6) is 0. The average Bonchev–Trinajstić information content (AvgIpc) is 2.15. The van der Waals surface area contributed by atoms with Gasteiger partial charge in [0.15, 0.2) is 0 Å². The van der Waals surface area contributed by atoms with Gasteiger partial charge in [-0.15, -0.1) is 0 Å². The molecule has 0 unspecified atom stereocenters. The molecule has 0 atom stereocenters. The molecule has 2 heteroatoms. The van der Waals surface area contributed by atoms with E-state index in [-0.39, 0.29) is 0 Å². The van der Waals surface area contributed by atoms with E-state index in [0.29, 0.717) is 0 Å². The number of nitrogens with zero attached hydrogens (tertiary/aromatic N) is 1. The zero-order chi connectivity index (χ0) is 5.40. The Kier molecular flexibility index (Phi) is 0.704. The first-order valence-corrected chi connectivity index (χ1v) is 2.63. The van der Waals surface area contributed by atoms with Crippen molar-refractivity contribution in [1.82, 2.24) is 5.32 Å². The van der Waals surface area contributed by atoms with Crippen LogP contribution >= 0.6 is 0 Å². The Morgan fingerprint density at radius 1 is 1.25 bits per heavy atom. The summed E-state index contributed by atoms with van der Waals surface area (Å²) in [5, 5.41) is 3.96. The second-order valence-electron chi connectivity index (χ2n) is 1.95. The van der Waals surface area contributed by atoms with Gasteiger partial charge < -0.3 is 4.74 Å². The van der Waals surface area contributed by atoms with Crippen molar-refractivity contribution in [1.29, 1.82) is 0 Å². The third kappa shape index (κ3) is 0.406. The molecule has 41 valence electrons. The van der Waals surface area contributed by atoms with Crippen molar-refractivity contribution in [2.75, 3.05) is 13.2 Å². The predicted octanol–water partition coefficient (Wildman–Crippen LogP) is 0.402. The first-order valence-electron chi connectivity index (χ1n) is 2.63. The normalized spacial score (nSPS) is 24.0. The molecule has 0 N–H and O–H groups in total.